The number of benzene rings is 3. The summed E-state index contributed by atoms with van der Waals surface area (Å²) in [5.41, 5.74) is 5.56. The van der Waals surface area contributed by atoms with Gasteiger partial charge < -0.3 is 0 Å². The van der Waals surface area contributed by atoms with Gasteiger partial charge in [-0.3, -0.25) is 0 Å². The Labute approximate surface area is 240 Å². The molecule has 5 nitrogen and oxygen atoms in total. The van der Waals surface area contributed by atoms with Gasteiger partial charge in [0.05, 0.1) is 0 Å². The van der Waals surface area contributed by atoms with E-state index in [1.54, 1.807) is 21.3 Å². The zero-order valence-electron chi connectivity index (χ0n) is 21.8. The van der Waals surface area contributed by atoms with Crippen LogP contribution in [0.15, 0.2) is 66.2 Å². The molecule has 0 bridgehead atoms. The van der Waals surface area contributed by atoms with Crippen molar-refractivity contribution in [2.24, 2.45) is 0 Å². The first-order chi connectivity index (χ1) is 17.9. The number of carbonyl (C=O) groups is 2. The number of rotatable bonds is 13. The summed E-state index contributed by atoms with van der Waals surface area (Å²) in [7, 11) is 4.88. The summed E-state index contributed by atoms with van der Waals surface area (Å²) in [5.74, 6) is 2.15. The van der Waals surface area contributed by atoms with E-state index >= 15 is 0 Å². The predicted molar refractivity (Wildman–Crippen MR) is 140 cm³/mol. The molecule has 3 aromatic carbocycles. The Hall–Kier alpha value is -2.40. The van der Waals surface area contributed by atoms with E-state index < -0.39 is 42.4 Å². The molecule has 0 atom stereocenters. The van der Waals surface area contributed by atoms with Crippen LogP contribution in [0.3, 0.4) is 0 Å². The van der Waals surface area contributed by atoms with Crippen LogP contribution >= 0.6 is 0 Å². The molecule has 0 radical (unpaired) electrons. The van der Waals surface area contributed by atoms with Gasteiger partial charge in [0.15, 0.2) is 0 Å². The van der Waals surface area contributed by atoms with Gasteiger partial charge >= 0.3 is 242 Å². The molecule has 0 amide bonds. The van der Waals surface area contributed by atoms with Crippen molar-refractivity contribution in [3.63, 3.8) is 0 Å². The third-order valence-corrected chi connectivity index (χ3v) is 11.1. The number of hydrogen-bond donors (Lipinski definition) is 0. The van der Waals surface area contributed by atoms with E-state index in [1.165, 1.54) is 0 Å². The summed E-state index contributed by atoms with van der Waals surface area (Å²) in [6, 6.07) is 19.5. The SMILES string of the molecule is COc1cc(C)c(/C=C(\C)C(=O)[I-]CCC[I-]C(=O)c2ccc(-c3ccccc3OC)cc2)cc1OC. The zero-order chi connectivity index (χ0) is 26.8. The summed E-state index contributed by atoms with van der Waals surface area (Å²) >= 11 is -1.19. The van der Waals surface area contributed by atoms with Crippen molar-refractivity contribution in [2.45, 2.75) is 20.3 Å². The predicted octanol–water partition coefficient (Wildman–Crippen LogP) is 0.0262. The first kappa shape index (κ1) is 29.2. The van der Waals surface area contributed by atoms with E-state index in [0.717, 1.165) is 54.4 Å². The Balaban J connectivity index is 1.47. The number of allylic oxidation sites excluding steroid dienone is 1. The molecule has 0 heterocycles. The van der Waals surface area contributed by atoms with Crippen LogP contribution in [0.25, 0.3) is 17.2 Å². The fourth-order valence-electron chi connectivity index (χ4n) is 3.64. The van der Waals surface area contributed by atoms with E-state index in [-0.39, 0.29) is 7.58 Å². The van der Waals surface area contributed by atoms with Crippen LogP contribution in [-0.2, 0) is 4.79 Å². The summed E-state index contributed by atoms with van der Waals surface area (Å²) in [6.07, 6.45) is 2.87. The van der Waals surface area contributed by atoms with E-state index in [0.29, 0.717) is 11.5 Å². The molecule has 0 saturated carbocycles. The average molecular weight is 726 g/mol. The molecular weight excluding hydrogens is 694 g/mol. The van der Waals surface area contributed by atoms with Gasteiger partial charge in [-0.25, -0.2) is 0 Å². The molecule has 0 N–H and O–H groups in total. The number of ether oxygens (including phenoxy) is 3. The summed E-state index contributed by atoms with van der Waals surface area (Å²) in [5, 5.41) is 0. The van der Waals surface area contributed by atoms with Crippen molar-refractivity contribution in [2.75, 3.05) is 30.2 Å². The van der Waals surface area contributed by atoms with Crippen LogP contribution in [-0.4, -0.2) is 37.8 Å². The Morgan fingerprint density at radius 3 is 2.11 bits per heavy atom. The second kappa shape index (κ2) is 14.5. The Bertz CT molecular complexity index is 1270. The van der Waals surface area contributed by atoms with E-state index in [9.17, 15) is 9.59 Å². The Morgan fingerprint density at radius 2 is 1.43 bits per heavy atom. The van der Waals surface area contributed by atoms with Gasteiger partial charge in [0, 0.05) is 0 Å². The van der Waals surface area contributed by atoms with Crippen molar-refractivity contribution in [3.05, 3.63) is 82.9 Å². The second-order valence-electron chi connectivity index (χ2n) is 8.21. The molecule has 0 fully saturated rings. The Morgan fingerprint density at radius 1 is 0.811 bits per heavy atom. The Kier molecular flexibility index (Phi) is 11.4. The molecular formula is C30H32I2O5-2. The molecule has 3 rings (SSSR count). The molecule has 0 aliphatic rings. The molecule has 7 heteroatoms. The van der Waals surface area contributed by atoms with Crippen molar-refractivity contribution in [1.82, 2.24) is 0 Å². The standard InChI is InChI=1S/C30H32I2O5/c1-20-18-27(36-4)28(37-5)19-24(20)17-21(2)29(33)31-15-8-16-32-30(34)23-13-11-22(12-14-23)25-9-6-7-10-26(25)35-3/h6-7,9-14,17-19H,8,15-16H2,1-5H3/q-2/b21-17+. The van der Waals surface area contributed by atoms with Crippen LogP contribution in [0.5, 0.6) is 17.2 Å². The summed E-state index contributed by atoms with van der Waals surface area (Å²) in [6.45, 7) is 3.87. The molecule has 0 aliphatic heterocycles. The molecule has 0 saturated heterocycles. The molecule has 0 aliphatic carbocycles. The third-order valence-electron chi connectivity index (χ3n) is 5.68. The van der Waals surface area contributed by atoms with Gasteiger partial charge in [-0.1, -0.05) is 0 Å². The van der Waals surface area contributed by atoms with Crippen LogP contribution in [0.1, 0.15) is 34.8 Å². The van der Waals surface area contributed by atoms with Crippen LogP contribution in [0.2, 0.25) is 0 Å². The monoisotopic (exact) mass is 726 g/mol. The van der Waals surface area contributed by atoms with Crippen molar-refractivity contribution in [3.8, 4) is 28.4 Å². The van der Waals surface area contributed by atoms with Crippen molar-refractivity contribution >= 4 is 13.7 Å². The average Bonchev–Trinajstić information content (AvgIpc) is 2.93. The fraction of sp³-hybridized carbons (Fsp3) is 0.267. The topological polar surface area (TPSA) is 61.8 Å². The number of methoxy groups -OCH3 is 3. The van der Waals surface area contributed by atoms with E-state index in [1.807, 2.05) is 80.6 Å². The molecule has 0 unspecified atom stereocenters. The quantitative estimate of drug-likeness (QED) is 0.0819. The molecule has 3 aromatic rings. The van der Waals surface area contributed by atoms with Crippen molar-refractivity contribution < 1.29 is 66.2 Å². The number of para-hydroxylation sites is 1. The number of carbonyl (C=O) groups excluding carboxylic acids is 2. The number of hydrogen-bond acceptors (Lipinski definition) is 5. The molecule has 0 aromatic heterocycles. The first-order valence-electron chi connectivity index (χ1n) is 11.8. The molecule has 198 valence electrons. The summed E-state index contributed by atoms with van der Waals surface area (Å²) in [4.78, 5) is 25.4. The van der Waals surface area contributed by atoms with Gasteiger partial charge in [0.25, 0.3) is 0 Å². The van der Waals surface area contributed by atoms with E-state index in [2.05, 4.69) is 0 Å². The first-order valence-corrected chi connectivity index (χ1v) is 17.0. The maximum atomic E-state index is 12.7. The van der Waals surface area contributed by atoms with Gasteiger partial charge in [-0.05, 0) is 0 Å². The van der Waals surface area contributed by atoms with Gasteiger partial charge in [-0.2, -0.15) is 0 Å². The zero-order valence-corrected chi connectivity index (χ0v) is 26.1. The van der Waals surface area contributed by atoms with Gasteiger partial charge in [0.1, 0.15) is 0 Å². The third kappa shape index (κ3) is 8.04. The van der Waals surface area contributed by atoms with Crippen LogP contribution in [0.4, 0.5) is 0 Å². The van der Waals surface area contributed by atoms with Crippen LogP contribution < -0.4 is 56.6 Å². The number of aryl methyl sites for hydroxylation is 1. The number of halogens is 2. The molecule has 37 heavy (non-hydrogen) atoms. The fourth-order valence-corrected chi connectivity index (χ4v) is 9.17. The van der Waals surface area contributed by atoms with Gasteiger partial charge in [-0.15, -0.1) is 0 Å². The minimum absolute atomic E-state index is 0.240. The van der Waals surface area contributed by atoms with Crippen LogP contribution in [0, 0.1) is 6.92 Å². The molecule has 0 spiro atoms. The number of alkyl halides is 2. The summed E-state index contributed by atoms with van der Waals surface area (Å²) < 4.78 is 18.5. The second-order valence-corrected chi connectivity index (χ2v) is 13.9. The van der Waals surface area contributed by atoms with Gasteiger partial charge in [0.2, 0.25) is 0 Å². The van der Waals surface area contributed by atoms with Crippen molar-refractivity contribution in [1.29, 1.82) is 0 Å². The normalized spacial score (nSPS) is 11.4. The van der Waals surface area contributed by atoms with E-state index in [4.69, 9.17) is 14.2 Å². The maximum absolute atomic E-state index is 12.7. The minimum atomic E-state index is -0.600.